The topological polar surface area (TPSA) is 88.6 Å². The van der Waals surface area contributed by atoms with Crippen LogP contribution < -0.4 is 5.32 Å². The van der Waals surface area contributed by atoms with E-state index in [0.717, 1.165) is 5.75 Å². The highest BCUT2D eigenvalue weighted by molar-refractivity contribution is 8.13. The molecule has 22 heavy (non-hydrogen) atoms. The van der Waals surface area contributed by atoms with Crippen molar-refractivity contribution in [2.75, 3.05) is 30.8 Å². The minimum absolute atomic E-state index is 0.0266. The van der Waals surface area contributed by atoms with E-state index in [1.54, 1.807) is 17.2 Å². The van der Waals surface area contributed by atoms with Gasteiger partial charge in [-0.15, -0.1) is 11.3 Å². The van der Waals surface area contributed by atoms with Gasteiger partial charge in [0.1, 0.15) is 0 Å². The standard InChI is InChI=1S/C13H17N3O4S2/c1-2-20-11(18)7-9-8-22-12(14-9)15-10(17)3-4-16-5-6-21-13(16)19/h8H,2-7H2,1H3,(H,14,15,17). The summed E-state index contributed by atoms with van der Waals surface area (Å²) in [6, 6.07) is 0. The van der Waals surface area contributed by atoms with E-state index in [0.29, 0.717) is 30.5 Å². The molecule has 0 atom stereocenters. The summed E-state index contributed by atoms with van der Waals surface area (Å²) in [6.07, 6.45) is 0.332. The first-order valence-electron chi connectivity index (χ1n) is 6.90. The predicted octanol–water partition coefficient (Wildman–Crippen LogP) is 1.75. The number of nitrogens with one attached hydrogen (secondary N) is 1. The molecule has 1 aliphatic rings. The average Bonchev–Trinajstić information content (AvgIpc) is 3.06. The SMILES string of the molecule is CCOC(=O)Cc1csc(NC(=O)CCN2CCSC2=O)n1. The second-order valence-electron chi connectivity index (χ2n) is 4.53. The molecule has 0 saturated carbocycles. The summed E-state index contributed by atoms with van der Waals surface area (Å²) < 4.78 is 4.84. The lowest BCUT2D eigenvalue weighted by molar-refractivity contribution is -0.142. The van der Waals surface area contributed by atoms with Gasteiger partial charge in [-0.2, -0.15) is 0 Å². The predicted molar refractivity (Wildman–Crippen MR) is 85.1 cm³/mol. The van der Waals surface area contributed by atoms with Gasteiger partial charge in [0.25, 0.3) is 5.24 Å². The molecule has 1 fully saturated rings. The van der Waals surface area contributed by atoms with Gasteiger partial charge < -0.3 is 15.0 Å². The Hall–Kier alpha value is -1.61. The summed E-state index contributed by atoms with van der Waals surface area (Å²) in [6.45, 7) is 3.19. The number of thioether (sulfide) groups is 1. The average molecular weight is 343 g/mol. The number of hydrogen-bond acceptors (Lipinski definition) is 7. The van der Waals surface area contributed by atoms with E-state index < -0.39 is 0 Å². The van der Waals surface area contributed by atoms with Crippen LogP contribution in [-0.4, -0.2) is 52.4 Å². The molecule has 2 heterocycles. The summed E-state index contributed by atoms with van der Waals surface area (Å²) in [5.41, 5.74) is 0.574. The second kappa shape index (κ2) is 8.14. The number of esters is 1. The third-order valence-electron chi connectivity index (χ3n) is 2.88. The molecule has 1 aromatic heterocycles. The van der Waals surface area contributed by atoms with Crippen LogP contribution in [0.1, 0.15) is 19.0 Å². The maximum absolute atomic E-state index is 11.8. The van der Waals surface area contributed by atoms with Gasteiger partial charge in [-0.05, 0) is 6.92 Å². The van der Waals surface area contributed by atoms with Gasteiger partial charge in [-0.1, -0.05) is 11.8 Å². The van der Waals surface area contributed by atoms with Crippen LogP contribution >= 0.6 is 23.1 Å². The first-order valence-corrected chi connectivity index (χ1v) is 8.76. The number of hydrogen-bond donors (Lipinski definition) is 1. The molecule has 1 N–H and O–H groups in total. The lowest BCUT2D eigenvalue weighted by Gasteiger charge is -2.13. The Kier molecular flexibility index (Phi) is 6.20. The van der Waals surface area contributed by atoms with Gasteiger partial charge in [0, 0.05) is 30.6 Å². The summed E-state index contributed by atoms with van der Waals surface area (Å²) in [7, 11) is 0. The number of carbonyl (C=O) groups excluding carboxylic acids is 3. The van der Waals surface area contributed by atoms with Gasteiger partial charge in [0.15, 0.2) is 5.13 Å². The normalized spacial score (nSPS) is 14.2. The molecule has 2 amide bonds. The fraction of sp³-hybridized carbons (Fsp3) is 0.538. The maximum atomic E-state index is 11.8. The van der Waals surface area contributed by atoms with Crippen LogP contribution in [0.4, 0.5) is 9.93 Å². The van der Waals surface area contributed by atoms with Crippen LogP contribution in [0, 0.1) is 0 Å². The van der Waals surface area contributed by atoms with Gasteiger partial charge in [0.05, 0.1) is 18.7 Å². The Morgan fingerprint density at radius 3 is 3.00 bits per heavy atom. The van der Waals surface area contributed by atoms with Crippen LogP contribution in [0.3, 0.4) is 0 Å². The number of nitrogens with zero attached hydrogens (tertiary/aromatic N) is 2. The smallest absolute Gasteiger partial charge is 0.311 e. The number of anilines is 1. The molecule has 9 heteroatoms. The van der Waals surface area contributed by atoms with E-state index in [1.165, 1.54) is 23.1 Å². The van der Waals surface area contributed by atoms with Crippen molar-refractivity contribution >= 4 is 45.3 Å². The molecule has 0 aromatic carbocycles. The number of ether oxygens (including phenoxy) is 1. The first kappa shape index (κ1) is 16.8. The summed E-state index contributed by atoms with van der Waals surface area (Å²) in [5.74, 6) is 0.252. The molecule has 0 aliphatic carbocycles. The van der Waals surface area contributed by atoms with Crippen LogP contribution in [0.2, 0.25) is 0 Å². The van der Waals surface area contributed by atoms with Crippen molar-refractivity contribution in [2.45, 2.75) is 19.8 Å². The third-order valence-corrected chi connectivity index (χ3v) is 4.58. The van der Waals surface area contributed by atoms with Crippen molar-refractivity contribution in [3.63, 3.8) is 0 Å². The first-order chi connectivity index (χ1) is 10.6. The second-order valence-corrected chi connectivity index (χ2v) is 6.43. The van der Waals surface area contributed by atoms with E-state index in [1.807, 2.05) is 0 Å². The van der Waals surface area contributed by atoms with Crippen LogP contribution in [-0.2, 0) is 20.7 Å². The van der Waals surface area contributed by atoms with Crippen molar-refractivity contribution in [2.24, 2.45) is 0 Å². The van der Waals surface area contributed by atoms with E-state index in [4.69, 9.17) is 4.74 Å². The van der Waals surface area contributed by atoms with Crippen LogP contribution in [0.5, 0.6) is 0 Å². The number of aromatic nitrogens is 1. The minimum Gasteiger partial charge on any atom is -0.466 e. The van der Waals surface area contributed by atoms with Crippen LogP contribution in [0.25, 0.3) is 0 Å². The molecule has 0 bridgehead atoms. The molecule has 120 valence electrons. The highest BCUT2D eigenvalue weighted by atomic mass is 32.2. The Morgan fingerprint density at radius 1 is 1.50 bits per heavy atom. The molecule has 0 unspecified atom stereocenters. The molecular formula is C13H17N3O4S2. The van der Waals surface area contributed by atoms with Crippen molar-refractivity contribution in [1.29, 1.82) is 0 Å². The van der Waals surface area contributed by atoms with Crippen LogP contribution in [0.15, 0.2) is 5.38 Å². The van der Waals surface area contributed by atoms with Gasteiger partial charge in [-0.25, -0.2) is 4.98 Å². The minimum atomic E-state index is -0.337. The summed E-state index contributed by atoms with van der Waals surface area (Å²) in [4.78, 5) is 40.4. The van der Waals surface area contributed by atoms with Gasteiger partial charge in [0.2, 0.25) is 5.91 Å². The molecule has 1 aromatic rings. The number of carbonyl (C=O) groups is 3. The fourth-order valence-corrected chi connectivity index (χ4v) is 3.43. The fourth-order valence-electron chi connectivity index (χ4n) is 1.85. The number of rotatable bonds is 7. The van der Waals surface area contributed by atoms with E-state index in [-0.39, 0.29) is 30.0 Å². The molecule has 0 spiro atoms. The molecule has 1 saturated heterocycles. The third kappa shape index (κ3) is 4.99. The van der Waals surface area contributed by atoms with Crippen molar-refractivity contribution in [3.8, 4) is 0 Å². The quantitative estimate of drug-likeness (QED) is 0.759. The van der Waals surface area contributed by atoms with Crippen molar-refractivity contribution < 1.29 is 19.1 Å². The van der Waals surface area contributed by atoms with Crippen molar-refractivity contribution in [3.05, 3.63) is 11.1 Å². The highest BCUT2D eigenvalue weighted by Gasteiger charge is 2.21. The Balaban J connectivity index is 1.75. The summed E-state index contributed by atoms with van der Waals surface area (Å²) in [5, 5.41) is 4.87. The molecule has 7 nitrogen and oxygen atoms in total. The molecule has 1 aliphatic heterocycles. The molecule has 2 rings (SSSR count). The summed E-state index contributed by atoms with van der Waals surface area (Å²) >= 11 is 2.54. The van der Waals surface area contributed by atoms with Crippen molar-refractivity contribution in [1.82, 2.24) is 9.88 Å². The zero-order valence-electron chi connectivity index (χ0n) is 12.2. The zero-order valence-corrected chi connectivity index (χ0v) is 13.8. The Morgan fingerprint density at radius 2 is 2.32 bits per heavy atom. The molecular weight excluding hydrogens is 326 g/mol. The Labute approximate surface area is 136 Å². The lowest BCUT2D eigenvalue weighted by atomic mass is 10.3. The van der Waals surface area contributed by atoms with E-state index in [9.17, 15) is 14.4 Å². The lowest BCUT2D eigenvalue weighted by Crippen LogP contribution is -2.27. The Bertz CT molecular complexity index is 561. The monoisotopic (exact) mass is 343 g/mol. The highest BCUT2D eigenvalue weighted by Crippen LogP contribution is 2.18. The maximum Gasteiger partial charge on any atom is 0.311 e. The number of amides is 2. The van der Waals surface area contributed by atoms with Gasteiger partial charge >= 0.3 is 5.97 Å². The van der Waals surface area contributed by atoms with Gasteiger partial charge in [-0.3, -0.25) is 14.4 Å². The van der Waals surface area contributed by atoms with E-state index in [2.05, 4.69) is 10.3 Å². The largest absolute Gasteiger partial charge is 0.466 e. The molecule has 0 radical (unpaired) electrons. The van der Waals surface area contributed by atoms with E-state index >= 15 is 0 Å². The zero-order chi connectivity index (χ0) is 15.9. The number of thiazole rings is 1.